The summed E-state index contributed by atoms with van der Waals surface area (Å²) >= 11 is 0. The molecule has 0 atom stereocenters. The summed E-state index contributed by atoms with van der Waals surface area (Å²) in [4.78, 5) is 8.78. The van der Waals surface area contributed by atoms with Crippen molar-refractivity contribution < 1.29 is 0 Å². The molecule has 24 heavy (non-hydrogen) atoms. The molecule has 0 aliphatic rings. The summed E-state index contributed by atoms with van der Waals surface area (Å²) in [5.41, 5.74) is 9.52. The third kappa shape index (κ3) is 6.47. The topological polar surface area (TPSA) is 63.3 Å². The Labute approximate surface area is 162 Å². The van der Waals surface area contributed by atoms with Gasteiger partial charge in [-0.1, -0.05) is 49.7 Å². The minimum atomic E-state index is -0.0424. The Kier molecular flexibility index (Phi) is 8.18. The summed E-state index contributed by atoms with van der Waals surface area (Å²) < 4.78 is 0. The first-order valence-electron chi connectivity index (χ1n) is 7.98. The number of pyridine rings is 1. The second kappa shape index (κ2) is 9.61. The molecule has 1 aromatic heterocycles. The Hall–Kier alpha value is -1.63. The smallest absolute Gasteiger partial charge is 0.188 e. The first-order chi connectivity index (χ1) is 11.0. The number of nitrogens with one attached hydrogen (secondary N) is 1. The number of nitrogens with zero attached hydrogens (tertiary/aromatic N) is 2. The van der Waals surface area contributed by atoms with Crippen LogP contribution in [0, 0.1) is 6.92 Å². The molecule has 0 saturated heterocycles. The van der Waals surface area contributed by atoms with Gasteiger partial charge in [-0.2, -0.15) is 0 Å². The number of benzene rings is 1. The van der Waals surface area contributed by atoms with Crippen LogP contribution in [-0.2, 0) is 11.8 Å². The summed E-state index contributed by atoms with van der Waals surface area (Å²) in [5, 5.41) is 3.15. The van der Waals surface area contributed by atoms with Crippen molar-refractivity contribution in [2.75, 3.05) is 13.1 Å². The van der Waals surface area contributed by atoms with Crippen molar-refractivity contribution in [3.05, 3.63) is 65.5 Å². The van der Waals surface area contributed by atoms with Gasteiger partial charge in [0.1, 0.15) is 0 Å². The molecule has 3 N–H and O–H groups in total. The number of nitrogens with two attached hydrogens (primary N) is 1. The predicted molar refractivity (Wildman–Crippen MR) is 112 cm³/mol. The molecule has 0 saturated carbocycles. The molecular formula is C19H27IN4. The summed E-state index contributed by atoms with van der Waals surface area (Å²) in [6, 6.07) is 14.5. The quantitative estimate of drug-likeness (QED) is 0.413. The average molecular weight is 438 g/mol. The molecule has 2 rings (SSSR count). The minimum absolute atomic E-state index is 0. The van der Waals surface area contributed by atoms with Crippen LogP contribution in [0.3, 0.4) is 0 Å². The highest BCUT2D eigenvalue weighted by molar-refractivity contribution is 14.0. The van der Waals surface area contributed by atoms with Gasteiger partial charge in [0.2, 0.25) is 0 Å². The van der Waals surface area contributed by atoms with Crippen molar-refractivity contribution >= 4 is 29.9 Å². The molecule has 0 aliphatic heterocycles. The summed E-state index contributed by atoms with van der Waals surface area (Å²) in [5.74, 6) is 0.488. The molecule has 5 heteroatoms. The van der Waals surface area contributed by atoms with E-state index in [1.807, 2.05) is 18.2 Å². The highest BCUT2D eigenvalue weighted by atomic mass is 127. The number of guanidine groups is 1. The predicted octanol–water partition coefficient (Wildman–Crippen LogP) is 3.43. The van der Waals surface area contributed by atoms with Gasteiger partial charge in [0.15, 0.2) is 5.96 Å². The molecule has 0 fully saturated rings. The minimum Gasteiger partial charge on any atom is -0.370 e. The van der Waals surface area contributed by atoms with Gasteiger partial charge in [0, 0.05) is 30.3 Å². The Balaban J connectivity index is 0.00000288. The van der Waals surface area contributed by atoms with E-state index in [0.29, 0.717) is 12.5 Å². The zero-order valence-electron chi connectivity index (χ0n) is 14.6. The fraction of sp³-hybridized carbons (Fsp3) is 0.368. The lowest BCUT2D eigenvalue weighted by molar-refractivity contribution is 0.538. The van der Waals surface area contributed by atoms with Crippen LogP contribution >= 0.6 is 24.0 Å². The van der Waals surface area contributed by atoms with Gasteiger partial charge < -0.3 is 11.1 Å². The van der Waals surface area contributed by atoms with Crippen LogP contribution in [0.4, 0.5) is 0 Å². The molecule has 2 aromatic rings. The lowest BCUT2D eigenvalue weighted by Crippen LogP contribution is -2.35. The second-order valence-electron chi connectivity index (χ2n) is 6.45. The lowest BCUT2D eigenvalue weighted by Gasteiger charge is -2.23. The van der Waals surface area contributed by atoms with E-state index in [0.717, 1.165) is 18.7 Å². The van der Waals surface area contributed by atoms with E-state index in [-0.39, 0.29) is 29.4 Å². The number of aryl methyl sites for hydroxylation is 1. The van der Waals surface area contributed by atoms with Crippen molar-refractivity contribution in [2.24, 2.45) is 10.7 Å². The number of rotatable bonds is 6. The maximum absolute atomic E-state index is 5.97. The Bertz CT molecular complexity index is 653. The highest BCUT2D eigenvalue weighted by Crippen LogP contribution is 2.24. The van der Waals surface area contributed by atoms with E-state index >= 15 is 0 Å². The first-order valence-corrected chi connectivity index (χ1v) is 7.98. The normalized spacial score (nSPS) is 11.7. The van der Waals surface area contributed by atoms with Crippen LogP contribution < -0.4 is 11.1 Å². The Morgan fingerprint density at radius 1 is 1.21 bits per heavy atom. The zero-order valence-corrected chi connectivity index (χ0v) is 17.0. The van der Waals surface area contributed by atoms with E-state index in [9.17, 15) is 0 Å². The lowest BCUT2D eigenvalue weighted by atomic mass is 9.84. The number of halogens is 1. The van der Waals surface area contributed by atoms with Crippen molar-refractivity contribution in [1.82, 2.24) is 10.3 Å². The maximum atomic E-state index is 5.97. The molecule has 0 unspecified atom stereocenters. The maximum Gasteiger partial charge on any atom is 0.188 e. The number of hydrogen-bond donors (Lipinski definition) is 2. The van der Waals surface area contributed by atoms with Crippen LogP contribution in [0.25, 0.3) is 0 Å². The van der Waals surface area contributed by atoms with Gasteiger partial charge in [-0.3, -0.25) is 9.98 Å². The molecule has 0 aliphatic carbocycles. The van der Waals surface area contributed by atoms with Crippen LogP contribution in [0.2, 0.25) is 0 Å². The average Bonchev–Trinajstić information content (AvgIpc) is 2.54. The summed E-state index contributed by atoms with van der Waals surface area (Å²) in [6.45, 7) is 7.87. The van der Waals surface area contributed by atoms with Crippen molar-refractivity contribution in [1.29, 1.82) is 0 Å². The molecule has 0 bridgehead atoms. The van der Waals surface area contributed by atoms with Gasteiger partial charge in [-0.05, 0) is 24.6 Å². The molecule has 130 valence electrons. The van der Waals surface area contributed by atoms with Gasteiger partial charge in [0.25, 0.3) is 0 Å². The van der Waals surface area contributed by atoms with E-state index < -0.39 is 0 Å². The van der Waals surface area contributed by atoms with E-state index in [2.05, 4.69) is 60.3 Å². The fourth-order valence-corrected chi connectivity index (χ4v) is 2.36. The van der Waals surface area contributed by atoms with E-state index in [4.69, 9.17) is 5.73 Å². The van der Waals surface area contributed by atoms with E-state index in [1.165, 1.54) is 11.1 Å². The monoisotopic (exact) mass is 438 g/mol. The summed E-state index contributed by atoms with van der Waals surface area (Å²) in [6.07, 6.45) is 2.63. The molecule has 4 nitrogen and oxygen atoms in total. The highest BCUT2D eigenvalue weighted by Gasteiger charge is 2.20. The van der Waals surface area contributed by atoms with Gasteiger partial charge >= 0.3 is 0 Å². The van der Waals surface area contributed by atoms with E-state index in [1.54, 1.807) is 6.20 Å². The Morgan fingerprint density at radius 2 is 2.00 bits per heavy atom. The van der Waals surface area contributed by atoms with Gasteiger partial charge in [0.05, 0.1) is 6.54 Å². The molecule has 0 spiro atoms. The van der Waals surface area contributed by atoms with Gasteiger partial charge in [-0.25, -0.2) is 0 Å². The number of aliphatic imine (C=N–C) groups is 1. The van der Waals surface area contributed by atoms with Crippen molar-refractivity contribution in [3.63, 3.8) is 0 Å². The van der Waals surface area contributed by atoms with Crippen molar-refractivity contribution in [2.45, 2.75) is 32.6 Å². The van der Waals surface area contributed by atoms with Crippen molar-refractivity contribution in [3.8, 4) is 0 Å². The zero-order chi connectivity index (χ0) is 16.7. The summed E-state index contributed by atoms with van der Waals surface area (Å²) in [7, 11) is 0. The van der Waals surface area contributed by atoms with Gasteiger partial charge in [-0.15, -0.1) is 24.0 Å². The molecular weight excluding hydrogens is 411 g/mol. The molecule has 1 aromatic carbocycles. The van der Waals surface area contributed by atoms with Crippen LogP contribution in [0.15, 0.2) is 53.7 Å². The largest absolute Gasteiger partial charge is 0.370 e. The molecule has 1 heterocycles. The standard InChI is InChI=1S/C19H26N4.HI/c1-15-7-6-8-16(13-15)19(2,3)14-23-18(20)22-12-10-17-9-4-5-11-21-17;/h4-9,11,13H,10,12,14H2,1-3H3,(H3,20,22,23);1H. The molecule has 0 amide bonds. The second-order valence-corrected chi connectivity index (χ2v) is 6.45. The fourth-order valence-electron chi connectivity index (χ4n) is 2.36. The first kappa shape index (κ1) is 20.4. The molecule has 0 radical (unpaired) electrons. The third-order valence-electron chi connectivity index (χ3n) is 3.86. The SMILES string of the molecule is Cc1cccc(C(C)(C)CN=C(N)NCCc2ccccn2)c1.I. The third-order valence-corrected chi connectivity index (χ3v) is 3.86. The van der Waals surface area contributed by atoms with Crippen LogP contribution in [-0.4, -0.2) is 24.0 Å². The number of hydrogen-bond acceptors (Lipinski definition) is 2. The van der Waals surface area contributed by atoms with Crippen LogP contribution in [0.5, 0.6) is 0 Å². The Morgan fingerprint density at radius 3 is 2.67 bits per heavy atom. The van der Waals surface area contributed by atoms with Crippen LogP contribution in [0.1, 0.15) is 30.7 Å². The number of aromatic nitrogens is 1.